The predicted molar refractivity (Wildman–Crippen MR) is 143 cm³/mol. The van der Waals surface area contributed by atoms with Gasteiger partial charge in [0.2, 0.25) is 5.78 Å². The molecule has 0 amide bonds. The van der Waals surface area contributed by atoms with Crippen LogP contribution in [0.25, 0.3) is 0 Å². The number of likely N-dealkylation sites (tertiary alicyclic amines) is 1. The average Bonchev–Trinajstić information content (AvgIpc) is 2.92. The summed E-state index contributed by atoms with van der Waals surface area (Å²) >= 11 is 0. The van der Waals surface area contributed by atoms with E-state index in [1.54, 1.807) is 0 Å². The van der Waals surface area contributed by atoms with E-state index in [4.69, 9.17) is 4.74 Å². The van der Waals surface area contributed by atoms with Crippen molar-refractivity contribution in [2.24, 2.45) is 4.99 Å². The van der Waals surface area contributed by atoms with Gasteiger partial charge in [-0.2, -0.15) is 0 Å². The molecule has 2 fully saturated rings. The number of carbonyl (C=O) groups excluding carboxylic acids is 1. The molecule has 0 radical (unpaired) electrons. The van der Waals surface area contributed by atoms with E-state index in [0.717, 1.165) is 62.6 Å². The van der Waals surface area contributed by atoms with Gasteiger partial charge in [-0.15, -0.1) is 0 Å². The maximum atomic E-state index is 11.7. The Labute approximate surface area is 218 Å². The normalized spacial score (nSPS) is 19.9. The van der Waals surface area contributed by atoms with E-state index >= 15 is 0 Å². The summed E-state index contributed by atoms with van der Waals surface area (Å²) in [5.74, 6) is 5.55. The fourth-order valence-corrected chi connectivity index (χ4v) is 5.01. The first kappa shape index (κ1) is 25.4. The number of ketones is 1. The molecular weight excluding hydrogens is 466 g/mol. The molecule has 0 aromatic heterocycles. The van der Waals surface area contributed by atoms with E-state index in [0.29, 0.717) is 18.2 Å². The van der Waals surface area contributed by atoms with Crippen molar-refractivity contribution in [3.8, 4) is 11.8 Å². The van der Waals surface area contributed by atoms with Crippen LogP contribution in [0.2, 0.25) is 0 Å². The zero-order valence-electron chi connectivity index (χ0n) is 21.0. The van der Waals surface area contributed by atoms with Crippen molar-refractivity contribution in [3.63, 3.8) is 0 Å². The quantitative estimate of drug-likeness (QED) is 0.570. The van der Waals surface area contributed by atoms with Gasteiger partial charge >= 0.3 is 0 Å². The molecule has 0 saturated carbocycles. The van der Waals surface area contributed by atoms with Gasteiger partial charge in [0.05, 0.1) is 25.5 Å². The molecule has 7 heteroatoms. The minimum atomic E-state index is -0.335. The molecule has 2 aromatic carbocycles. The zero-order valence-corrected chi connectivity index (χ0v) is 21.0. The Morgan fingerprint density at radius 3 is 2.30 bits per heavy atom. The molecule has 2 saturated heterocycles. The topological polar surface area (TPSA) is 85.6 Å². The molecule has 3 heterocycles. The van der Waals surface area contributed by atoms with Gasteiger partial charge in [0.25, 0.3) is 0 Å². The van der Waals surface area contributed by atoms with Gasteiger partial charge < -0.3 is 14.9 Å². The van der Waals surface area contributed by atoms with Gasteiger partial charge in [-0.25, -0.2) is 0 Å². The number of rotatable bonds is 7. The van der Waals surface area contributed by atoms with Gasteiger partial charge in [0.15, 0.2) is 5.76 Å². The van der Waals surface area contributed by atoms with Gasteiger partial charge in [-0.1, -0.05) is 36.1 Å². The molecule has 1 unspecified atom stereocenters. The summed E-state index contributed by atoms with van der Waals surface area (Å²) in [5.41, 5.74) is 4.39. The third-order valence-electron chi connectivity index (χ3n) is 7.31. The first-order valence-corrected chi connectivity index (χ1v) is 12.9. The van der Waals surface area contributed by atoms with Crippen LogP contribution in [0.5, 0.6) is 0 Å². The van der Waals surface area contributed by atoms with Crippen LogP contribution >= 0.6 is 0 Å². The Hall–Kier alpha value is -3.28. The standard InChI is InChI=1S/C30H33N3O4/c34-21-26(17-28-30(36)29(35)11-12-31-28)25-9-7-23(8-10-25)2-1-22-3-5-24(6-4-22)18-32-19-27(20-32)33-13-15-37-16-14-33/h3-10,12,26-27,34,36H,11,13-21H2. The van der Waals surface area contributed by atoms with Crippen LogP contribution in [-0.2, 0) is 16.1 Å². The number of carbonyl (C=O) groups is 1. The molecule has 192 valence electrons. The third-order valence-corrected chi connectivity index (χ3v) is 7.31. The van der Waals surface area contributed by atoms with Crippen LogP contribution in [0.3, 0.4) is 0 Å². The number of hydrogen-bond acceptors (Lipinski definition) is 7. The number of aliphatic hydroxyl groups is 2. The summed E-state index contributed by atoms with van der Waals surface area (Å²) in [6.45, 7) is 6.92. The van der Waals surface area contributed by atoms with E-state index in [-0.39, 0.29) is 30.5 Å². The van der Waals surface area contributed by atoms with Crippen molar-refractivity contribution in [3.05, 3.63) is 82.2 Å². The molecule has 3 aliphatic heterocycles. The number of allylic oxidation sites excluding steroid dienone is 2. The molecule has 5 rings (SSSR count). The number of Topliss-reactive ketones (excluding diaryl/α,β-unsaturated/α-hetero) is 1. The molecule has 3 aliphatic rings. The van der Waals surface area contributed by atoms with Crippen LogP contribution in [0.4, 0.5) is 0 Å². The number of nitrogens with zero attached hydrogens (tertiary/aromatic N) is 3. The van der Waals surface area contributed by atoms with E-state index in [2.05, 4.69) is 50.9 Å². The molecule has 37 heavy (non-hydrogen) atoms. The SMILES string of the molecule is O=C1CC=NC(CC(CO)c2ccc(C#Cc3ccc(CN4CC(N5CCOCC5)C4)cc3)cc2)=C1O. The first-order valence-electron chi connectivity index (χ1n) is 12.9. The van der Waals surface area contributed by atoms with Crippen molar-refractivity contribution < 1.29 is 19.7 Å². The lowest BCUT2D eigenvalue weighted by atomic mass is 9.93. The van der Waals surface area contributed by atoms with Gasteiger partial charge in [-0.05, 0) is 35.4 Å². The Morgan fingerprint density at radius 1 is 1.00 bits per heavy atom. The van der Waals surface area contributed by atoms with E-state index in [1.165, 1.54) is 11.8 Å². The van der Waals surface area contributed by atoms with Crippen molar-refractivity contribution in [1.29, 1.82) is 0 Å². The Morgan fingerprint density at radius 2 is 1.65 bits per heavy atom. The van der Waals surface area contributed by atoms with Crippen LogP contribution in [0.1, 0.15) is 41.0 Å². The fourth-order valence-electron chi connectivity index (χ4n) is 5.01. The molecule has 0 aliphatic carbocycles. The lowest BCUT2D eigenvalue weighted by Gasteiger charge is -2.46. The van der Waals surface area contributed by atoms with Gasteiger partial charge in [-0.3, -0.25) is 19.6 Å². The number of hydrogen-bond donors (Lipinski definition) is 2. The number of morpholine rings is 1. The maximum absolute atomic E-state index is 11.7. The summed E-state index contributed by atoms with van der Waals surface area (Å²) in [5, 5.41) is 19.9. The first-order chi connectivity index (χ1) is 18.1. The molecule has 0 spiro atoms. The smallest absolute Gasteiger partial charge is 0.204 e. The largest absolute Gasteiger partial charge is 0.503 e. The summed E-state index contributed by atoms with van der Waals surface area (Å²) in [6, 6.07) is 16.8. The van der Waals surface area contributed by atoms with Gasteiger partial charge in [0, 0.05) is 74.9 Å². The second kappa shape index (κ2) is 11.8. The number of aliphatic hydroxyl groups excluding tert-OH is 2. The van der Waals surface area contributed by atoms with Crippen LogP contribution in [-0.4, -0.2) is 84.1 Å². The highest BCUT2D eigenvalue weighted by Gasteiger charge is 2.32. The van der Waals surface area contributed by atoms with Gasteiger partial charge in [0.1, 0.15) is 0 Å². The van der Waals surface area contributed by atoms with Crippen molar-refractivity contribution in [2.75, 3.05) is 46.0 Å². The molecule has 7 nitrogen and oxygen atoms in total. The summed E-state index contributed by atoms with van der Waals surface area (Å²) in [4.78, 5) is 20.9. The second-order valence-corrected chi connectivity index (χ2v) is 9.88. The molecule has 0 bridgehead atoms. The second-order valence-electron chi connectivity index (χ2n) is 9.88. The molecule has 1 atom stereocenters. The minimum absolute atomic E-state index is 0.108. The summed E-state index contributed by atoms with van der Waals surface area (Å²) < 4.78 is 5.45. The monoisotopic (exact) mass is 499 g/mol. The van der Waals surface area contributed by atoms with E-state index < -0.39 is 0 Å². The van der Waals surface area contributed by atoms with Crippen molar-refractivity contribution in [1.82, 2.24) is 9.80 Å². The van der Waals surface area contributed by atoms with Crippen LogP contribution in [0.15, 0.2) is 65.0 Å². The Balaban J connectivity index is 1.13. The highest BCUT2D eigenvalue weighted by atomic mass is 16.5. The van der Waals surface area contributed by atoms with Crippen LogP contribution in [0, 0.1) is 11.8 Å². The molecule has 2 N–H and O–H groups in total. The number of aliphatic imine (C=N–C) groups is 1. The van der Waals surface area contributed by atoms with E-state index in [1.807, 2.05) is 24.3 Å². The minimum Gasteiger partial charge on any atom is -0.503 e. The lowest BCUT2D eigenvalue weighted by Crippen LogP contribution is -2.60. The summed E-state index contributed by atoms with van der Waals surface area (Å²) in [6.07, 6.45) is 1.92. The third kappa shape index (κ3) is 6.35. The number of ether oxygens (including phenoxy) is 1. The lowest BCUT2D eigenvalue weighted by molar-refractivity contribution is -0.117. The van der Waals surface area contributed by atoms with Crippen LogP contribution < -0.4 is 0 Å². The Bertz CT molecular complexity index is 1210. The highest BCUT2D eigenvalue weighted by molar-refractivity contribution is 6.03. The molecule has 2 aromatic rings. The van der Waals surface area contributed by atoms with Crippen molar-refractivity contribution >= 4 is 12.0 Å². The van der Waals surface area contributed by atoms with Crippen molar-refractivity contribution in [2.45, 2.75) is 31.3 Å². The fraction of sp³-hybridized carbons (Fsp3) is 0.400. The summed E-state index contributed by atoms with van der Waals surface area (Å²) in [7, 11) is 0. The predicted octanol–water partition coefficient (Wildman–Crippen LogP) is 2.88. The highest BCUT2D eigenvalue weighted by Crippen LogP contribution is 2.27. The zero-order chi connectivity index (χ0) is 25.6. The molecular formula is C30H33N3O4. The number of benzene rings is 2. The maximum Gasteiger partial charge on any atom is 0.204 e. The Kier molecular flexibility index (Phi) is 8.12. The average molecular weight is 500 g/mol. The van der Waals surface area contributed by atoms with E-state index in [9.17, 15) is 15.0 Å².